The molecule has 0 saturated carbocycles. The summed E-state index contributed by atoms with van der Waals surface area (Å²) in [5.41, 5.74) is 2.40. The summed E-state index contributed by atoms with van der Waals surface area (Å²) in [7, 11) is 0. The van der Waals surface area contributed by atoms with Gasteiger partial charge in [0, 0.05) is 24.6 Å². The van der Waals surface area contributed by atoms with Gasteiger partial charge in [-0.3, -0.25) is 9.59 Å². The van der Waals surface area contributed by atoms with Gasteiger partial charge in [0.25, 0.3) is 0 Å². The summed E-state index contributed by atoms with van der Waals surface area (Å²) < 4.78 is 1.64. The number of likely N-dealkylation sites (tertiary alicyclic amines) is 1. The number of hydrogen-bond donors (Lipinski definition) is 0. The van der Waals surface area contributed by atoms with E-state index in [9.17, 15) is 9.59 Å². The Morgan fingerprint density at radius 2 is 1.65 bits per heavy atom. The second-order valence-electron chi connectivity index (χ2n) is 6.62. The fraction of sp³-hybridized carbons (Fsp3) is 0.300. The Kier molecular flexibility index (Phi) is 4.48. The molecule has 0 radical (unpaired) electrons. The number of ketones is 1. The van der Waals surface area contributed by atoms with Crippen LogP contribution in [0.1, 0.15) is 23.2 Å². The summed E-state index contributed by atoms with van der Waals surface area (Å²) >= 11 is 0. The van der Waals surface area contributed by atoms with Crippen molar-refractivity contribution in [2.45, 2.75) is 19.4 Å². The Morgan fingerprint density at radius 3 is 2.42 bits per heavy atom. The molecular weight excluding hydrogens is 328 g/mol. The molecule has 0 unspecified atom stereocenters. The molecule has 26 heavy (non-hydrogen) atoms. The molecule has 0 spiro atoms. The van der Waals surface area contributed by atoms with E-state index in [4.69, 9.17) is 0 Å². The fourth-order valence-corrected chi connectivity index (χ4v) is 3.49. The van der Waals surface area contributed by atoms with E-state index in [1.54, 1.807) is 4.68 Å². The van der Waals surface area contributed by atoms with Gasteiger partial charge in [-0.1, -0.05) is 47.7 Å². The Bertz CT molecular complexity index is 927. The van der Waals surface area contributed by atoms with Crippen molar-refractivity contribution in [1.82, 2.24) is 19.9 Å². The van der Waals surface area contributed by atoms with Gasteiger partial charge in [-0.25, -0.2) is 4.68 Å². The second-order valence-corrected chi connectivity index (χ2v) is 6.62. The van der Waals surface area contributed by atoms with Gasteiger partial charge in [-0.2, -0.15) is 0 Å². The number of carbonyl (C=O) groups is 2. The molecule has 0 N–H and O–H groups in total. The first-order chi connectivity index (χ1) is 12.7. The Labute approximate surface area is 151 Å². The summed E-state index contributed by atoms with van der Waals surface area (Å²) in [6.07, 6.45) is 1.41. The van der Waals surface area contributed by atoms with Gasteiger partial charge in [0.15, 0.2) is 5.78 Å². The zero-order chi connectivity index (χ0) is 17.9. The summed E-state index contributed by atoms with van der Waals surface area (Å²) in [6.45, 7) is 1.39. The van der Waals surface area contributed by atoms with Gasteiger partial charge in [-0.05, 0) is 25.0 Å². The van der Waals surface area contributed by atoms with Gasteiger partial charge >= 0.3 is 0 Å². The number of hydrogen-bond acceptors (Lipinski definition) is 4. The van der Waals surface area contributed by atoms with Gasteiger partial charge in [0.05, 0.1) is 5.52 Å². The van der Waals surface area contributed by atoms with Crippen LogP contribution in [0.5, 0.6) is 0 Å². The lowest BCUT2D eigenvalue weighted by Gasteiger charge is -2.31. The van der Waals surface area contributed by atoms with Crippen LogP contribution in [0.15, 0.2) is 54.6 Å². The van der Waals surface area contributed by atoms with Gasteiger partial charge in [-0.15, -0.1) is 5.10 Å². The van der Waals surface area contributed by atoms with Gasteiger partial charge < -0.3 is 4.90 Å². The van der Waals surface area contributed by atoms with E-state index in [1.165, 1.54) is 0 Å². The number of aromatic nitrogens is 3. The first-order valence-electron chi connectivity index (χ1n) is 8.87. The van der Waals surface area contributed by atoms with Crippen molar-refractivity contribution in [1.29, 1.82) is 0 Å². The molecule has 1 aliphatic heterocycles. The standard InChI is InChI=1S/C20H20N4O2/c25-19(14-24-18-9-5-4-8-17(18)21-22-24)23-12-10-16(11-13-23)20(26)15-6-2-1-3-7-15/h1-9,16H,10-14H2. The van der Waals surface area contributed by atoms with Crippen LogP contribution < -0.4 is 0 Å². The summed E-state index contributed by atoms with van der Waals surface area (Å²) in [5.74, 6) is 0.194. The minimum Gasteiger partial charge on any atom is -0.341 e. The molecule has 1 saturated heterocycles. The molecule has 6 nitrogen and oxygen atoms in total. The predicted molar refractivity (Wildman–Crippen MR) is 97.6 cm³/mol. The average molecular weight is 348 g/mol. The molecule has 0 atom stereocenters. The maximum absolute atomic E-state index is 12.6. The Balaban J connectivity index is 1.37. The van der Waals surface area contributed by atoms with Crippen LogP contribution in [-0.2, 0) is 11.3 Å². The molecule has 4 rings (SSSR count). The normalized spacial score (nSPS) is 15.3. The third kappa shape index (κ3) is 3.22. The maximum Gasteiger partial charge on any atom is 0.244 e. The highest BCUT2D eigenvalue weighted by Gasteiger charge is 2.28. The number of Topliss-reactive ketones (excluding diaryl/α,β-unsaturated/α-hetero) is 1. The van der Waals surface area contributed by atoms with Crippen molar-refractivity contribution in [2.24, 2.45) is 5.92 Å². The molecule has 2 aromatic carbocycles. The Morgan fingerprint density at radius 1 is 0.962 bits per heavy atom. The van der Waals surface area contributed by atoms with Crippen LogP contribution in [-0.4, -0.2) is 44.7 Å². The minimum absolute atomic E-state index is 0.00588. The zero-order valence-corrected chi connectivity index (χ0v) is 14.4. The second kappa shape index (κ2) is 7.07. The predicted octanol–water partition coefficient (Wildman–Crippen LogP) is 2.55. The van der Waals surface area contributed by atoms with Crippen molar-refractivity contribution in [2.75, 3.05) is 13.1 Å². The molecule has 0 bridgehead atoms. The molecule has 3 aromatic rings. The number of carbonyl (C=O) groups excluding carboxylic acids is 2. The van der Waals surface area contributed by atoms with E-state index in [0.717, 1.165) is 16.6 Å². The molecule has 1 fully saturated rings. The van der Waals surface area contributed by atoms with Crippen molar-refractivity contribution in [3.8, 4) is 0 Å². The third-order valence-electron chi connectivity index (χ3n) is 4.98. The molecular formula is C20H20N4O2. The number of rotatable bonds is 4. The number of nitrogens with zero attached hydrogens (tertiary/aromatic N) is 4. The molecule has 2 heterocycles. The third-order valence-corrected chi connectivity index (χ3v) is 4.98. The number of piperidine rings is 1. The smallest absolute Gasteiger partial charge is 0.244 e. The number of amides is 1. The Hall–Kier alpha value is -3.02. The largest absolute Gasteiger partial charge is 0.341 e. The van der Waals surface area contributed by atoms with E-state index in [0.29, 0.717) is 25.9 Å². The molecule has 1 amide bonds. The highest BCUT2D eigenvalue weighted by molar-refractivity contribution is 5.98. The van der Waals surface area contributed by atoms with E-state index in [2.05, 4.69) is 10.3 Å². The van der Waals surface area contributed by atoms with Crippen LogP contribution in [0.2, 0.25) is 0 Å². The minimum atomic E-state index is -0.00588. The molecule has 0 aliphatic carbocycles. The van der Waals surface area contributed by atoms with Crippen LogP contribution >= 0.6 is 0 Å². The summed E-state index contributed by atoms with van der Waals surface area (Å²) in [6, 6.07) is 17.0. The van der Waals surface area contributed by atoms with Gasteiger partial charge in [0.2, 0.25) is 5.91 Å². The van der Waals surface area contributed by atoms with Crippen molar-refractivity contribution < 1.29 is 9.59 Å². The number of para-hydroxylation sites is 1. The lowest BCUT2D eigenvalue weighted by molar-refractivity contribution is -0.133. The molecule has 1 aromatic heterocycles. The molecule has 6 heteroatoms. The van der Waals surface area contributed by atoms with Crippen LogP contribution in [0.4, 0.5) is 0 Å². The highest BCUT2D eigenvalue weighted by atomic mass is 16.2. The summed E-state index contributed by atoms with van der Waals surface area (Å²) in [5, 5.41) is 8.16. The van der Waals surface area contributed by atoms with Crippen molar-refractivity contribution >= 4 is 22.7 Å². The van der Waals surface area contributed by atoms with Gasteiger partial charge in [0.1, 0.15) is 12.1 Å². The summed E-state index contributed by atoms with van der Waals surface area (Å²) in [4.78, 5) is 27.0. The topological polar surface area (TPSA) is 68.1 Å². The highest BCUT2D eigenvalue weighted by Crippen LogP contribution is 2.22. The van der Waals surface area contributed by atoms with Crippen LogP contribution in [0.3, 0.4) is 0 Å². The first-order valence-corrected chi connectivity index (χ1v) is 8.87. The van der Waals surface area contributed by atoms with E-state index < -0.39 is 0 Å². The van der Waals surface area contributed by atoms with E-state index >= 15 is 0 Å². The quantitative estimate of drug-likeness (QED) is 0.680. The zero-order valence-electron chi connectivity index (χ0n) is 14.4. The lowest BCUT2D eigenvalue weighted by Crippen LogP contribution is -2.41. The van der Waals surface area contributed by atoms with E-state index in [-0.39, 0.29) is 24.2 Å². The van der Waals surface area contributed by atoms with E-state index in [1.807, 2.05) is 59.5 Å². The van der Waals surface area contributed by atoms with Crippen molar-refractivity contribution in [3.05, 3.63) is 60.2 Å². The molecule has 1 aliphatic rings. The average Bonchev–Trinajstić information content (AvgIpc) is 3.11. The van der Waals surface area contributed by atoms with Crippen molar-refractivity contribution in [3.63, 3.8) is 0 Å². The lowest BCUT2D eigenvalue weighted by atomic mass is 9.89. The number of benzene rings is 2. The fourth-order valence-electron chi connectivity index (χ4n) is 3.49. The maximum atomic E-state index is 12.6. The SMILES string of the molecule is O=C(c1ccccc1)C1CCN(C(=O)Cn2nnc3ccccc32)CC1. The van der Waals surface area contributed by atoms with Crippen LogP contribution in [0, 0.1) is 5.92 Å². The van der Waals surface area contributed by atoms with Crippen LogP contribution in [0.25, 0.3) is 11.0 Å². The first kappa shape index (κ1) is 16.4. The monoisotopic (exact) mass is 348 g/mol. The number of fused-ring (bicyclic) bond motifs is 1. The molecule has 132 valence electrons.